The Hall–Kier alpha value is -1.16. The van der Waals surface area contributed by atoms with E-state index in [4.69, 9.17) is 4.74 Å². The number of hydrogen-bond donors (Lipinski definition) is 0. The van der Waals surface area contributed by atoms with Crippen molar-refractivity contribution in [3.8, 4) is 0 Å². The van der Waals surface area contributed by atoms with Crippen molar-refractivity contribution in [2.24, 2.45) is 0 Å². The van der Waals surface area contributed by atoms with E-state index in [1.165, 1.54) is 0 Å². The molecule has 0 aliphatic rings. The van der Waals surface area contributed by atoms with Crippen LogP contribution in [0.5, 0.6) is 0 Å². The number of esters is 1. The molecule has 4 heteroatoms. The van der Waals surface area contributed by atoms with E-state index in [0.717, 1.165) is 5.56 Å². The highest BCUT2D eigenvalue weighted by atomic mass is 79.9. The minimum absolute atomic E-state index is 0.236. The van der Waals surface area contributed by atoms with Crippen LogP contribution in [0.1, 0.15) is 38.7 Å². The molecule has 98 valence electrons. The van der Waals surface area contributed by atoms with Gasteiger partial charge in [0.2, 0.25) is 0 Å². The average molecular weight is 312 g/mol. The molecule has 0 aliphatic heterocycles. The van der Waals surface area contributed by atoms with Gasteiger partial charge >= 0.3 is 5.97 Å². The molecule has 18 heavy (non-hydrogen) atoms. The Morgan fingerprint density at radius 1 is 1.61 bits per heavy atom. The molecule has 1 rings (SSSR count). The zero-order chi connectivity index (χ0) is 13.8. The van der Waals surface area contributed by atoms with Gasteiger partial charge in [-0.25, -0.2) is 4.98 Å². The zero-order valence-electron chi connectivity index (χ0n) is 10.9. The van der Waals surface area contributed by atoms with Crippen molar-refractivity contribution >= 4 is 21.9 Å². The molecule has 0 aromatic carbocycles. The molecule has 1 aromatic heterocycles. The number of carbonyl (C=O) groups excluding carboxylic acids is 1. The van der Waals surface area contributed by atoms with Gasteiger partial charge in [-0.05, 0) is 60.8 Å². The summed E-state index contributed by atoms with van der Waals surface area (Å²) in [6, 6.07) is 3.65. The van der Waals surface area contributed by atoms with E-state index in [1.807, 2.05) is 32.9 Å². The van der Waals surface area contributed by atoms with Gasteiger partial charge in [-0.1, -0.05) is 6.08 Å². The Bertz CT molecular complexity index is 438. The van der Waals surface area contributed by atoms with Crippen LogP contribution in [-0.2, 0) is 9.53 Å². The van der Waals surface area contributed by atoms with Crippen LogP contribution >= 0.6 is 15.9 Å². The first kappa shape index (κ1) is 14.9. The number of aromatic nitrogens is 1. The highest BCUT2D eigenvalue weighted by Gasteiger charge is 2.25. The summed E-state index contributed by atoms with van der Waals surface area (Å²) >= 11 is 3.30. The van der Waals surface area contributed by atoms with Gasteiger partial charge in [0.1, 0.15) is 10.2 Å². The van der Waals surface area contributed by atoms with Crippen LogP contribution in [0, 0.1) is 0 Å². The molecule has 0 N–H and O–H groups in total. The van der Waals surface area contributed by atoms with Gasteiger partial charge in [0.05, 0.1) is 5.92 Å². The second-order valence-corrected chi connectivity index (χ2v) is 5.83. The minimum atomic E-state index is -0.485. The van der Waals surface area contributed by atoms with Crippen molar-refractivity contribution in [1.82, 2.24) is 4.98 Å². The molecule has 0 saturated carbocycles. The van der Waals surface area contributed by atoms with E-state index in [-0.39, 0.29) is 11.9 Å². The van der Waals surface area contributed by atoms with Gasteiger partial charge in [-0.2, -0.15) is 0 Å². The third kappa shape index (κ3) is 4.61. The first-order valence-corrected chi connectivity index (χ1v) is 6.58. The SMILES string of the molecule is C=CCC(C(=O)OC(C)(C)C)c1ccnc(Br)c1. The van der Waals surface area contributed by atoms with E-state index < -0.39 is 5.60 Å². The topological polar surface area (TPSA) is 39.2 Å². The number of nitrogens with zero attached hydrogens (tertiary/aromatic N) is 1. The Balaban J connectivity index is 2.95. The number of ether oxygens (including phenoxy) is 1. The maximum Gasteiger partial charge on any atom is 0.314 e. The number of carbonyl (C=O) groups is 1. The monoisotopic (exact) mass is 311 g/mol. The summed E-state index contributed by atoms with van der Waals surface area (Å²) in [5.41, 5.74) is 0.395. The van der Waals surface area contributed by atoms with Gasteiger partial charge in [-0.3, -0.25) is 4.79 Å². The van der Waals surface area contributed by atoms with Gasteiger partial charge in [0, 0.05) is 6.20 Å². The number of halogens is 1. The normalized spacial score (nSPS) is 12.9. The lowest BCUT2D eigenvalue weighted by Crippen LogP contribution is -2.27. The summed E-state index contributed by atoms with van der Waals surface area (Å²) in [4.78, 5) is 16.2. The lowest BCUT2D eigenvalue weighted by Gasteiger charge is -2.23. The maximum atomic E-state index is 12.2. The third-order valence-corrected chi connectivity index (χ3v) is 2.68. The van der Waals surface area contributed by atoms with Crippen molar-refractivity contribution < 1.29 is 9.53 Å². The van der Waals surface area contributed by atoms with Crippen molar-refractivity contribution in [3.05, 3.63) is 41.2 Å². The molecular weight excluding hydrogens is 294 g/mol. The first-order valence-electron chi connectivity index (χ1n) is 5.78. The molecule has 0 saturated heterocycles. The first-order chi connectivity index (χ1) is 8.33. The van der Waals surface area contributed by atoms with Crippen LogP contribution in [-0.4, -0.2) is 16.6 Å². The molecule has 3 nitrogen and oxygen atoms in total. The summed E-state index contributed by atoms with van der Waals surface area (Å²) in [5, 5.41) is 0. The van der Waals surface area contributed by atoms with E-state index in [2.05, 4.69) is 27.5 Å². The van der Waals surface area contributed by atoms with Crippen LogP contribution in [0.25, 0.3) is 0 Å². The van der Waals surface area contributed by atoms with Gasteiger partial charge in [-0.15, -0.1) is 6.58 Å². The van der Waals surface area contributed by atoms with Crippen LogP contribution in [0.2, 0.25) is 0 Å². The van der Waals surface area contributed by atoms with E-state index in [1.54, 1.807) is 12.3 Å². The number of allylic oxidation sites excluding steroid dienone is 1. The molecule has 1 unspecified atom stereocenters. The lowest BCUT2D eigenvalue weighted by molar-refractivity contribution is -0.156. The molecule has 0 amide bonds. The van der Waals surface area contributed by atoms with E-state index in [0.29, 0.717) is 11.0 Å². The quantitative estimate of drug-likeness (QED) is 0.482. The van der Waals surface area contributed by atoms with Crippen LogP contribution in [0.4, 0.5) is 0 Å². The van der Waals surface area contributed by atoms with E-state index in [9.17, 15) is 4.79 Å². The summed E-state index contributed by atoms with van der Waals surface area (Å²) in [7, 11) is 0. The number of rotatable bonds is 4. The Morgan fingerprint density at radius 3 is 2.78 bits per heavy atom. The second-order valence-electron chi connectivity index (χ2n) is 5.02. The fourth-order valence-corrected chi connectivity index (χ4v) is 1.92. The second kappa shape index (κ2) is 6.14. The van der Waals surface area contributed by atoms with Crippen LogP contribution in [0.15, 0.2) is 35.6 Å². The van der Waals surface area contributed by atoms with Gasteiger partial charge in [0.15, 0.2) is 0 Å². The van der Waals surface area contributed by atoms with Gasteiger partial charge in [0.25, 0.3) is 0 Å². The Kier molecular flexibility index (Phi) is 5.08. The van der Waals surface area contributed by atoms with Crippen molar-refractivity contribution in [1.29, 1.82) is 0 Å². The zero-order valence-corrected chi connectivity index (χ0v) is 12.5. The van der Waals surface area contributed by atoms with Gasteiger partial charge < -0.3 is 4.74 Å². The molecule has 0 fully saturated rings. The summed E-state index contributed by atoms with van der Waals surface area (Å²) < 4.78 is 6.13. The van der Waals surface area contributed by atoms with Crippen molar-refractivity contribution in [2.75, 3.05) is 0 Å². The van der Waals surface area contributed by atoms with Crippen LogP contribution in [0.3, 0.4) is 0 Å². The fourth-order valence-electron chi connectivity index (χ4n) is 1.54. The molecule has 1 aromatic rings. The Labute approximate surface area is 116 Å². The molecule has 0 aliphatic carbocycles. The molecule has 0 radical (unpaired) electrons. The minimum Gasteiger partial charge on any atom is -0.459 e. The number of hydrogen-bond acceptors (Lipinski definition) is 3. The predicted octanol–water partition coefficient (Wildman–Crippen LogP) is 3.85. The Morgan fingerprint density at radius 2 is 2.28 bits per heavy atom. The lowest BCUT2D eigenvalue weighted by atomic mass is 9.96. The predicted molar refractivity (Wildman–Crippen MR) is 75.3 cm³/mol. The maximum absolute atomic E-state index is 12.2. The largest absolute Gasteiger partial charge is 0.459 e. The fraction of sp³-hybridized carbons (Fsp3) is 0.429. The van der Waals surface area contributed by atoms with Crippen molar-refractivity contribution in [2.45, 2.75) is 38.7 Å². The summed E-state index contributed by atoms with van der Waals surface area (Å²) in [6.07, 6.45) is 3.94. The van der Waals surface area contributed by atoms with Crippen molar-refractivity contribution in [3.63, 3.8) is 0 Å². The molecule has 0 spiro atoms. The molecule has 1 heterocycles. The average Bonchev–Trinajstić information content (AvgIpc) is 2.23. The smallest absolute Gasteiger partial charge is 0.314 e. The highest BCUT2D eigenvalue weighted by Crippen LogP contribution is 2.25. The summed E-state index contributed by atoms with van der Waals surface area (Å²) in [6.45, 7) is 9.27. The molecule has 1 atom stereocenters. The van der Waals surface area contributed by atoms with E-state index >= 15 is 0 Å². The summed E-state index contributed by atoms with van der Waals surface area (Å²) in [5.74, 6) is -0.568. The number of pyridine rings is 1. The molecular formula is C14H18BrNO2. The third-order valence-electron chi connectivity index (χ3n) is 2.25. The van der Waals surface area contributed by atoms with Crippen LogP contribution < -0.4 is 0 Å². The molecule has 0 bridgehead atoms. The highest BCUT2D eigenvalue weighted by molar-refractivity contribution is 9.10. The standard InChI is InChI=1S/C14H18BrNO2/c1-5-6-11(13(17)18-14(2,3)4)10-7-8-16-12(15)9-10/h5,7-9,11H,1,6H2,2-4H3.